The van der Waals surface area contributed by atoms with Gasteiger partial charge in [0.05, 0.1) is 18.0 Å². The molecule has 23 heavy (non-hydrogen) atoms. The Bertz CT molecular complexity index is 627. The van der Waals surface area contributed by atoms with Crippen molar-refractivity contribution in [2.45, 2.75) is 58.6 Å². The molecule has 7 heteroatoms. The first-order valence-corrected chi connectivity index (χ1v) is 7.62. The summed E-state index contributed by atoms with van der Waals surface area (Å²) in [6, 6.07) is 0. The van der Waals surface area contributed by atoms with Gasteiger partial charge in [0.1, 0.15) is 11.2 Å². The summed E-state index contributed by atoms with van der Waals surface area (Å²) >= 11 is 0. The molecule has 0 saturated carbocycles. The van der Waals surface area contributed by atoms with E-state index in [1.54, 1.807) is 34.6 Å². The van der Waals surface area contributed by atoms with E-state index in [0.29, 0.717) is 5.71 Å². The van der Waals surface area contributed by atoms with Gasteiger partial charge in [0.15, 0.2) is 5.54 Å². The van der Waals surface area contributed by atoms with Gasteiger partial charge in [-0.05, 0) is 41.0 Å². The predicted octanol–water partition coefficient (Wildman–Crippen LogP) is 1.27. The van der Waals surface area contributed by atoms with Crippen molar-refractivity contribution in [1.82, 2.24) is 5.32 Å². The van der Waals surface area contributed by atoms with Crippen LogP contribution in [0.2, 0.25) is 0 Å². The summed E-state index contributed by atoms with van der Waals surface area (Å²) in [7, 11) is 0. The highest BCUT2D eigenvalue weighted by Gasteiger charge is 2.54. The van der Waals surface area contributed by atoms with E-state index in [1.807, 2.05) is 0 Å². The molecule has 0 aromatic carbocycles. The number of carbonyl (C=O) groups is 3. The maximum Gasteiger partial charge on any atom is 0.341 e. The second-order valence-corrected chi connectivity index (χ2v) is 6.58. The summed E-state index contributed by atoms with van der Waals surface area (Å²) in [5, 5.41) is 2.63. The molecule has 2 aliphatic heterocycles. The summed E-state index contributed by atoms with van der Waals surface area (Å²) in [5.41, 5.74) is -1.38. The highest BCUT2D eigenvalue weighted by Crippen LogP contribution is 2.39. The van der Waals surface area contributed by atoms with Crippen LogP contribution in [0.25, 0.3) is 0 Å². The number of piperidine rings is 1. The van der Waals surface area contributed by atoms with Gasteiger partial charge in [0.25, 0.3) is 0 Å². The van der Waals surface area contributed by atoms with Crippen LogP contribution in [-0.2, 0) is 23.9 Å². The molecule has 0 radical (unpaired) electrons. The molecule has 1 fully saturated rings. The minimum Gasteiger partial charge on any atom is -0.462 e. The average molecular weight is 322 g/mol. The molecule has 2 rings (SSSR count). The number of hydrogen-bond acceptors (Lipinski definition) is 6. The molecule has 1 saturated heterocycles. The Balaban J connectivity index is 2.50. The molecule has 0 aromatic rings. The topological polar surface area (TPSA) is 94.1 Å². The van der Waals surface area contributed by atoms with Gasteiger partial charge in [-0.2, -0.15) is 0 Å². The molecule has 0 aromatic heterocycles. The van der Waals surface area contributed by atoms with Crippen LogP contribution in [0.1, 0.15) is 47.5 Å². The lowest BCUT2D eigenvalue weighted by atomic mass is 9.86. The third kappa shape index (κ3) is 3.13. The monoisotopic (exact) mass is 322 g/mol. The number of hydrogen-bond donors (Lipinski definition) is 1. The van der Waals surface area contributed by atoms with E-state index < -0.39 is 23.1 Å². The number of rotatable bonds is 3. The third-order valence-corrected chi connectivity index (χ3v) is 3.58. The van der Waals surface area contributed by atoms with Crippen LogP contribution in [0, 0.1) is 0 Å². The van der Waals surface area contributed by atoms with Crippen LogP contribution < -0.4 is 5.32 Å². The Morgan fingerprint density at radius 1 is 1.35 bits per heavy atom. The fraction of sp³-hybridized carbons (Fsp3) is 0.625. The van der Waals surface area contributed by atoms with Crippen molar-refractivity contribution < 1.29 is 23.9 Å². The molecule has 1 N–H and O–H groups in total. The molecule has 2 aliphatic rings. The summed E-state index contributed by atoms with van der Waals surface area (Å²) in [6.07, 6.45) is 0.305. The highest BCUT2D eigenvalue weighted by molar-refractivity contribution is 6.23. The standard InChI is InChI=1S/C16H22N2O5/c1-6-22-13(20)11-9(2)18-16(14(21)23-15(3,4)5)8-7-10(19)17-12(11)16/h6-8H2,1-5H3,(H,17,19). The Hall–Kier alpha value is -2.18. The lowest BCUT2D eigenvalue weighted by Gasteiger charge is -2.34. The van der Waals surface area contributed by atoms with E-state index in [2.05, 4.69) is 10.3 Å². The van der Waals surface area contributed by atoms with Gasteiger partial charge in [-0.15, -0.1) is 0 Å². The number of esters is 2. The molecule has 2 heterocycles. The van der Waals surface area contributed by atoms with E-state index in [0.717, 1.165) is 0 Å². The fourth-order valence-corrected chi connectivity index (χ4v) is 2.69. The van der Waals surface area contributed by atoms with Crippen molar-refractivity contribution >= 4 is 23.6 Å². The Morgan fingerprint density at radius 3 is 2.57 bits per heavy atom. The molecule has 0 spiro atoms. The Kier molecular flexibility index (Phi) is 4.32. The van der Waals surface area contributed by atoms with Crippen molar-refractivity contribution in [3.63, 3.8) is 0 Å². The zero-order valence-electron chi connectivity index (χ0n) is 14.1. The minimum atomic E-state index is -1.37. The smallest absolute Gasteiger partial charge is 0.341 e. The quantitative estimate of drug-likeness (QED) is 0.790. The van der Waals surface area contributed by atoms with Crippen molar-refractivity contribution in [2.75, 3.05) is 6.61 Å². The van der Waals surface area contributed by atoms with Crippen LogP contribution in [0.15, 0.2) is 16.3 Å². The number of nitrogens with zero attached hydrogens (tertiary/aromatic N) is 1. The normalized spacial score (nSPS) is 23.9. The van der Waals surface area contributed by atoms with E-state index in [1.165, 1.54) is 0 Å². The van der Waals surface area contributed by atoms with E-state index >= 15 is 0 Å². The molecule has 1 atom stereocenters. The van der Waals surface area contributed by atoms with Gasteiger partial charge < -0.3 is 14.8 Å². The summed E-state index contributed by atoms with van der Waals surface area (Å²) < 4.78 is 10.5. The number of nitrogens with one attached hydrogen (secondary N) is 1. The van der Waals surface area contributed by atoms with Gasteiger partial charge in [-0.25, -0.2) is 9.59 Å². The minimum absolute atomic E-state index is 0.135. The van der Waals surface area contributed by atoms with E-state index in [4.69, 9.17) is 9.47 Å². The molecular formula is C16H22N2O5. The molecule has 126 valence electrons. The van der Waals surface area contributed by atoms with Crippen molar-refractivity contribution in [1.29, 1.82) is 0 Å². The zero-order chi connectivity index (χ0) is 17.4. The molecule has 0 bridgehead atoms. The van der Waals surface area contributed by atoms with Gasteiger partial charge in [0, 0.05) is 6.42 Å². The first kappa shape index (κ1) is 17.2. The Labute approximate surface area is 135 Å². The number of aliphatic imine (C=N–C) groups is 1. The lowest BCUT2D eigenvalue weighted by Crippen LogP contribution is -2.51. The Morgan fingerprint density at radius 2 is 2.00 bits per heavy atom. The highest BCUT2D eigenvalue weighted by atomic mass is 16.6. The predicted molar refractivity (Wildman–Crippen MR) is 82.7 cm³/mol. The number of carbonyl (C=O) groups excluding carboxylic acids is 3. The van der Waals surface area contributed by atoms with Crippen LogP contribution in [0.5, 0.6) is 0 Å². The van der Waals surface area contributed by atoms with Crippen molar-refractivity contribution in [3.8, 4) is 0 Å². The first-order valence-electron chi connectivity index (χ1n) is 7.62. The maximum absolute atomic E-state index is 12.7. The summed E-state index contributed by atoms with van der Waals surface area (Å²) in [4.78, 5) is 41.1. The van der Waals surface area contributed by atoms with E-state index in [-0.39, 0.29) is 36.6 Å². The molecule has 7 nitrogen and oxygen atoms in total. The first-order chi connectivity index (χ1) is 10.6. The van der Waals surface area contributed by atoms with Gasteiger partial charge in [-0.1, -0.05) is 0 Å². The second kappa shape index (κ2) is 5.79. The zero-order valence-corrected chi connectivity index (χ0v) is 14.1. The third-order valence-electron chi connectivity index (χ3n) is 3.58. The summed E-state index contributed by atoms with van der Waals surface area (Å²) in [5.74, 6) is -1.43. The largest absolute Gasteiger partial charge is 0.462 e. The molecule has 1 amide bonds. The second-order valence-electron chi connectivity index (χ2n) is 6.58. The number of ether oxygens (including phenoxy) is 2. The van der Waals surface area contributed by atoms with E-state index in [9.17, 15) is 14.4 Å². The average Bonchev–Trinajstić information content (AvgIpc) is 2.70. The van der Waals surface area contributed by atoms with Crippen molar-refractivity contribution in [3.05, 3.63) is 11.3 Å². The van der Waals surface area contributed by atoms with Gasteiger partial charge >= 0.3 is 11.9 Å². The molecule has 1 unspecified atom stereocenters. The SMILES string of the molecule is CCOC(=O)C1=C2NC(=O)CCC2(C(=O)OC(C)(C)C)N=C1C. The van der Waals surface area contributed by atoms with Crippen molar-refractivity contribution in [2.24, 2.45) is 4.99 Å². The maximum atomic E-state index is 12.7. The number of amides is 1. The fourth-order valence-electron chi connectivity index (χ4n) is 2.69. The van der Waals surface area contributed by atoms with Gasteiger partial charge in [0.2, 0.25) is 5.91 Å². The van der Waals surface area contributed by atoms with Crippen LogP contribution >= 0.6 is 0 Å². The lowest BCUT2D eigenvalue weighted by molar-refractivity contribution is -0.160. The van der Waals surface area contributed by atoms with Gasteiger partial charge in [-0.3, -0.25) is 9.79 Å². The van der Waals surface area contributed by atoms with Crippen LogP contribution in [0.3, 0.4) is 0 Å². The summed E-state index contributed by atoms with van der Waals surface area (Å²) in [6.45, 7) is 8.76. The van der Waals surface area contributed by atoms with Crippen LogP contribution in [0.4, 0.5) is 0 Å². The number of fused-ring (bicyclic) bond motifs is 1. The van der Waals surface area contributed by atoms with Crippen LogP contribution in [-0.4, -0.2) is 41.3 Å². The molecular weight excluding hydrogens is 300 g/mol. The molecule has 0 aliphatic carbocycles.